The molecular formula is C15H21N5O. The Morgan fingerprint density at radius 1 is 1.38 bits per heavy atom. The fourth-order valence-corrected chi connectivity index (χ4v) is 1.78. The van der Waals surface area contributed by atoms with Crippen LogP contribution in [0.1, 0.15) is 27.2 Å². The van der Waals surface area contributed by atoms with E-state index >= 15 is 0 Å². The van der Waals surface area contributed by atoms with E-state index in [0.29, 0.717) is 11.5 Å². The highest BCUT2D eigenvalue weighted by molar-refractivity contribution is 5.92. The summed E-state index contributed by atoms with van der Waals surface area (Å²) in [5, 5.41) is 6.99. The number of anilines is 1. The Kier molecular flexibility index (Phi) is 4.37. The van der Waals surface area contributed by atoms with Gasteiger partial charge in [-0.05, 0) is 23.6 Å². The summed E-state index contributed by atoms with van der Waals surface area (Å²) >= 11 is 0. The molecule has 2 heterocycles. The Bertz CT molecular complexity index is 601. The number of pyridine rings is 1. The van der Waals surface area contributed by atoms with E-state index in [4.69, 9.17) is 5.73 Å². The molecule has 112 valence electrons. The summed E-state index contributed by atoms with van der Waals surface area (Å²) < 4.78 is 1.61. The Balaban J connectivity index is 2.12. The minimum absolute atomic E-state index is 0.114. The monoisotopic (exact) mass is 287 g/mol. The van der Waals surface area contributed by atoms with Crippen LogP contribution in [0.5, 0.6) is 0 Å². The summed E-state index contributed by atoms with van der Waals surface area (Å²) in [4.78, 5) is 16.4. The quantitative estimate of drug-likeness (QED) is 0.900. The van der Waals surface area contributed by atoms with Gasteiger partial charge in [0.25, 0.3) is 0 Å². The maximum Gasteiger partial charge on any atom is 0.226 e. The summed E-state index contributed by atoms with van der Waals surface area (Å²) in [5.74, 6) is 0.457. The van der Waals surface area contributed by atoms with Crippen molar-refractivity contribution in [1.29, 1.82) is 0 Å². The first-order chi connectivity index (χ1) is 9.88. The molecule has 6 nitrogen and oxygen atoms in total. The van der Waals surface area contributed by atoms with Crippen LogP contribution < -0.4 is 11.1 Å². The predicted octanol–water partition coefficient (Wildman–Crippen LogP) is 1.97. The zero-order chi connectivity index (χ0) is 15.5. The molecule has 21 heavy (non-hydrogen) atoms. The van der Waals surface area contributed by atoms with Crippen LogP contribution in [0.4, 0.5) is 5.69 Å². The van der Waals surface area contributed by atoms with Crippen LogP contribution in [-0.2, 0) is 4.79 Å². The average Bonchev–Trinajstić information content (AvgIpc) is 2.91. The maximum atomic E-state index is 12.1. The van der Waals surface area contributed by atoms with E-state index in [1.54, 1.807) is 41.5 Å². The predicted molar refractivity (Wildman–Crippen MR) is 82.0 cm³/mol. The summed E-state index contributed by atoms with van der Waals surface area (Å²) in [6, 6.07) is 5.16. The van der Waals surface area contributed by atoms with Crippen LogP contribution in [0.3, 0.4) is 0 Å². The van der Waals surface area contributed by atoms with E-state index in [2.05, 4.69) is 15.4 Å². The molecule has 3 N–H and O–H groups in total. The van der Waals surface area contributed by atoms with Crippen molar-refractivity contribution in [1.82, 2.24) is 14.8 Å². The Hall–Kier alpha value is -2.21. The lowest BCUT2D eigenvalue weighted by atomic mass is 9.85. The summed E-state index contributed by atoms with van der Waals surface area (Å²) in [6.07, 6.45) is 5.36. The van der Waals surface area contributed by atoms with Crippen LogP contribution in [0.2, 0.25) is 0 Å². The van der Waals surface area contributed by atoms with Crippen LogP contribution in [-0.4, -0.2) is 26.7 Å². The van der Waals surface area contributed by atoms with Gasteiger partial charge in [0.1, 0.15) is 0 Å². The van der Waals surface area contributed by atoms with E-state index < -0.39 is 0 Å². The van der Waals surface area contributed by atoms with Gasteiger partial charge < -0.3 is 11.1 Å². The number of amides is 1. The topological polar surface area (TPSA) is 85.8 Å². The molecule has 2 rings (SSSR count). The molecule has 0 aliphatic rings. The third-order valence-electron chi connectivity index (χ3n) is 3.30. The Morgan fingerprint density at radius 3 is 2.76 bits per heavy atom. The molecule has 1 unspecified atom stereocenters. The average molecular weight is 287 g/mol. The fraction of sp³-hybridized carbons (Fsp3) is 0.400. The number of nitrogens with two attached hydrogens (primary N) is 1. The zero-order valence-corrected chi connectivity index (χ0v) is 12.6. The lowest BCUT2D eigenvalue weighted by Crippen LogP contribution is -2.38. The van der Waals surface area contributed by atoms with Crippen LogP contribution in [0, 0.1) is 5.41 Å². The van der Waals surface area contributed by atoms with Crippen LogP contribution in [0.25, 0.3) is 5.82 Å². The molecule has 0 saturated heterocycles. The second-order valence-corrected chi connectivity index (χ2v) is 6.05. The first-order valence-electron chi connectivity index (χ1n) is 6.88. The second kappa shape index (κ2) is 6.05. The Morgan fingerprint density at radius 2 is 2.14 bits per heavy atom. The first-order valence-corrected chi connectivity index (χ1v) is 6.88. The van der Waals surface area contributed by atoms with Gasteiger partial charge in [-0.25, -0.2) is 9.67 Å². The van der Waals surface area contributed by atoms with Gasteiger partial charge in [-0.1, -0.05) is 20.8 Å². The highest BCUT2D eigenvalue weighted by Crippen LogP contribution is 2.21. The molecule has 0 radical (unpaired) electrons. The number of hydrogen-bond donors (Lipinski definition) is 2. The normalized spacial score (nSPS) is 13.0. The molecule has 6 heteroatoms. The molecule has 0 saturated carbocycles. The number of carbonyl (C=O) groups is 1. The van der Waals surface area contributed by atoms with Gasteiger partial charge >= 0.3 is 0 Å². The van der Waals surface area contributed by atoms with Crippen molar-refractivity contribution in [3.05, 3.63) is 36.8 Å². The number of aromatic nitrogens is 3. The Labute approximate surface area is 124 Å². The molecule has 2 aromatic rings. The van der Waals surface area contributed by atoms with E-state index in [1.165, 1.54) is 0 Å². The van der Waals surface area contributed by atoms with E-state index in [0.717, 1.165) is 0 Å². The minimum atomic E-state index is -0.206. The fourth-order valence-electron chi connectivity index (χ4n) is 1.78. The highest BCUT2D eigenvalue weighted by atomic mass is 16.1. The van der Waals surface area contributed by atoms with Crippen LogP contribution in [0.15, 0.2) is 36.8 Å². The van der Waals surface area contributed by atoms with Gasteiger partial charge in [0.05, 0.1) is 5.69 Å². The molecule has 0 aromatic carbocycles. The van der Waals surface area contributed by atoms with Gasteiger partial charge in [0.15, 0.2) is 5.82 Å². The van der Waals surface area contributed by atoms with Crippen molar-refractivity contribution in [2.24, 2.45) is 11.1 Å². The molecule has 1 atom stereocenters. The van der Waals surface area contributed by atoms with Gasteiger partial charge in [-0.3, -0.25) is 4.79 Å². The van der Waals surface area contributed by atoms with E-state index in [9.17, 15) is 4.79 Å². The third kappa shape index (κ3) is 3.88. The van der Waals surface area contributed by atoms with Crippen molar-refractivity contribution in [2.75, 3.05) is 5.32 Å². The van der Waals surface area contributed by atoms with E-state index in [-0.39, 0.29) is 23.8 Å². The van der Waals surface area contributed by atoms with Gasteiger partial charge in [-0.15, -0.1) is 0 Å². The smallest absolute Gasteiger partial charge is 0.226 e. The zero-order valence-electron chi connectivity index (χ0n) is 12.6. The molecule has 2 aromatic heterocycles. The minimum Gasteiger partial charge on any atom is -0.327 e. The molecule has 0 fully saturated rings. The lowest BCUT2D eigenvalue weighted by Gasteiger charge is -2.26. The first kappa shape index (κ1) is 15.2. The largest absolute Gasteiger partial charge is 0.327 e. The van der Waals surface area contributed by atoms with Crippen LogP contribution >= 0.6 is 0 Å². The molecule has 0 aliphatic carbocycles. The van der Waals surface area contributed by atoms with Crippen molar-refractivity contribution >= 4 is 11.6 Å². The molecule has 0 spiro atoms. The van der Waals surface area contributed by atoms with Crippen molar-refractivity contribution in [3.8, 4) is 5.82 Å². The molecule has 1 amide bonds. The van der Waals surface area contributed by atoms with Crippen molar-refractivity contribution < 1.29 is 4.79 Å². The SMILES string of the molecule is CC(C)(C)C(N)CC(=O)Nc1cccnc1-n1cccn1. The summed E-state index contributed by atoms with van der Waals surface area (Å²) in [6.45, 7) is 6.05. The van der Waals surface area contributed by atoms with Gasteiger partial charge in [0.2, 0.25) is 5.91 Å². The number of nitrogens with one attached hydrogen (secondary N) is 1. The second-order valence-electron chi connectivity index (χ2n) is 6.05. The maximum absolute atomic E-state index is 12.1. The summed E-state index contributed by atoms with van der Waals surface area (Å²) in [5.41, 5.74) is 6.55. The summed E-state index contributed by atoms with van der Waals surface area (Å²) in [7, 11) is 0. The van der Waals surface area contributed by atoms with Gasteiger partial charge in [0, 0.05) is 31.1 Å². The molecule has 0 aliphatic heterocycles. The number of nitrogens with zero attached hydrogens (tertiary/aromatic N) is 3. The third-order valence-corrected chi connectivity index (χ3v) is 3.30. The number of rotatable bonds is 4. The lowest BCUT2D eigenvalue weighted by molar-refractivity contribution is -0.117. The number of hydrogen-bond acceptors (Lipinski definition) is 4. The molecule has 0 bridgehead atoms. The number of carbonyl (C=O) groups excluding carboxylic acids is 1. The van der Waals surface area contributed by atoms with Gasteiger partial charge in [-0.2, -0.15) is 5.10 Å². The van der Waals surface area contributed by atoms with E-state index in [1.807, 2.05) is 20.8 Å². The highest BCUT2D eigenvalue weighted by Gasteiger charge is 2.23. The standard InChI is InChI=1S/C15H21N5O/c1-15(2,3)12(16)10-13(21)19-11-6-4-7-17-14(11)20-9-5-8-18-20/h4-9,12H,10,16H2,1-3H3,(H,19,21). The molecular weight excluding hydrogens is 266 g/mol. The van der Waals surface area contributed by atoms with Crippen molar-refractivity contribution in [3.63, 3.8) is 0 Å². The van der Waals surface area contributed by atoms with Crippen molar-refractivity contribution in [2.45, 2.75) is 33.2 Å².